The summed E-state index contributed by atoms with van der Waals surface area (Å²) in [6.07, 6.45) is 95.0. The zero-order chi connectivity index (χ0) is 58.5. The molecule has 0 rings (SSSR count). The van der Waals surface area contributed by atoms with E-state index in [-0.39, 0.29) is 31.1 Å². The third kappa shape index (κ3) is 66.5. The van der Waals surface area contributed by atoms with E-state index in [2.05, 4.69) is 142 Å². The number of carbonyl (C=O) groups excluding carboxylic acids is 3. The lowest BCUT2D eigenvalue weighted by Crippen LogP contribution is -2.30. The number of allylic oxidation sites excluding steroid dienone is 20. The Morgan fingerprint density at radius 3 is 0.765 bits per heavy atom. The highest BCUT2D eigenvalue weighted by Crippen LogP contribution is 2.16. The molecule has 0 aromatic rings. The van der Waals surface area contributed by atoms with Crippen molar-refractivity contribution in [3.63, 3.8) is 0 Å². The minimum Gasteiger partial charge on any atom is -0.462 e. The lowest BCUT2D eigenvalue weighted by atomic mass is 10.0. The van der Waals surface area contributed by atoms with E-state index in [0.717, 1.165) is 148 Å². The summed E-state index contributed by atoms with van der Waals surface area (Å²) >= 11 is 0. The summed E-state index contributed by atoms with van der Waals surface area (Å²) in [6.45, 7) is 6.40. The second-order valence-electron chi connectivity index (χ2n) is 22.3. The highest BCUT2D eigenvalue weighted by Gasteiger charge is 2.19. The summed E-state index contributed by atoms with van der Waals surface area (Å²) in [5.41, 5.74) is 0. The third-order valence-corrected chi connectivity index (χ3v) is 14.4. The van der Waals surface area contributed by atoms with Crippen LogP contribution in [0.4, 0.5) is 0 Å². The molecule has 0 aliphatic rings. The van der Waals surface area contributed by atoms with Gasteiger partial charge in [-0.25, -0.2) is 0 Å². The van der Waals surface area contributed by atoms with E-state index in [1.165, 1.54) is 128 Å². The molecule has 81 heavy (non-hydrogen) atoms. The molecule has 0 spiro atoms. The Bertz CT molecular complexity index is 1670. The number of hydrogen-bond donors (Lipinski definition) is 0. The molecular weight excluding hydrogens is 997 g/mol. The quantitative estimate of drug-likeness (QED) is 0.0261. The smallest absolute Gasteiger partial charge is 0.306 e. The molecule has 0 aromatic heterocycles. The Kier molecular flexibility index (Phi) is 64.8. The molecule has 0 heterocycles. The fourth-order valence-corrected chi connectivity index (χ4v) is 9.40. The normalized spacial score (nSPS) is 12.9. The maximum Gasteiger partial charge on any atom is 0.306 e. The zero-order valence-electron chi connectivity index (χ0n) is 53.0. The van der Waals surface area contributed by atoms with Crippen LogP contribution in [0.1, 0.15) is 316 Å². The maximum absolute atomic E-state index is 12.9. The molecule has 0 fully saturated rings. The van der Waals surface area contributed by atoms with Crippen molar-refractivity contribution < 1.29 is 28.6 Å². The molecule has 0 N–H and O–H groups in total. The first-order valence-electron chi connectivity index (χ1n) is 34.0. The molecule has 0 amide bonds. The van der Waals surface area contributed by atoms with E-state index >= 15 is 0 Å². The Balaban J connectivity index is 4.41. The fraction of sp³-hybridized carbons (Fsp3) is 0.693. The van der Waals surface area contributed by atoms with Gasteiger partial charge in [-0.05, 0) is 128 Å². The van der Waals surface area contributed by atoms with Crippen molar-refractivity contribution in [2.75, 3.05) is 13.2 Å². The Labute approximate surface area is 501 Å². The Morgan fingerprint density at radius 1 is 0.259 bits per heavy atom. The largest absolute Gasteiger partial charge is 0.462 e. The van der Waals surface area contributed by atoms with Crippen LogP contribution < -0.4 is 0 Å². The number of rotatable bonds is 61. The molecule has 0 saturated heterocycles. The minimum atomic E-state index is -0.804. The first-order valence-corrected chi connectivity index (χ1v) is 34.0. The van der Waals surface area contributed by atoms with Crippen LogP contribution in [0.3, 0.4) is 0 Å². The minimum absolute atomic E-state index is 0.0955. The fourth-order valence-electron chi connectivity index (χ4n) is 9.40. The van der Waals surface area contributed by atoms with Crippen LogP contribution in [0.25, 0.3) is 0 Å². The van der Waals surface area contributed by atoms with Gasteiger partial charge < -0.3 is 14.2 Å². The van der Waals surface area contributed by atoms with Crippen LogP contribution in [0.2, 0.25) is 0 Å². The number of ether oxygens (including phenoxy) is 3. The Morgan fingerprint density at radius 2 is 0.481 bits per heavy atom. The van der Waals surface area contributed by atoms with Gasteiger partial charge in [0.15, 0.2) is 6.10 Å². The number of carbonyl (C=O) groups is 3. The van der Waals surface area contributed by atoms with Crippen molar-refractivity contribution in [3.05, 3.63) is 122 Å². The van der Waals surface area contributed by atoms with Crippen molar-refractivity contribution in [2.24, 2.45) is 0 Å². The van der Waals surface area contributed by atoms with Crippen LogP contribution in [-0.2, 0) is 28.6 Å². The number of hydrogen-bond acceptors (Lipinski definition) is 6. The summed E-state index contributed by atoms with van der Waals surface area (Å²) in [5.74, 6) is -0.931. The monoisotopic (exact) mass is 1120 g/mol. The third-order valence-electron chi connectivity index (χ3n) is 14.4. The van der Waals surface area contributed by atoms with Crippen molar-refractivity contribution in [1.82, 2.24) is 0 Å². The number of esters is 3. The molecular formula is C75H126O6. The van der Waals surface area contributed by atoms with Gasteiger partial charge in [0.25, 0.3) is 0 Å². The average molecular weight is 1120 g/mol. The van der Waals surface area contributed by atoms with Crippen LogP contribution in [0.5, 0.6) is 0 Å². The standard InChI is InChI=1S/C75H126O6/c1-4-7-10-13-16-19-22-25-28-31-33-35-36-37-38-40-41-44-47-50-53-56-59-62-65-68-74(77)80-71-72(70-79-73(76)67-64-61-58-55-52-49-46-43-30-27-24-21-18-15-12-9-6-3)81-75(78)69-66-63-60-57-54-51-48-45-42-39-34-32-29-26-23-20-17-14-11-8-5-2/h8-9,11-12,17-18,20-21,26-27,29-31,33-34,39,45-46,48-49,72H,4-7,10,13-16,19,22-25,28,32,35-38,40-44,47,50-71H2,1-3H3/b11-8-,12-9-,20-17-,21-18-,29-26-,30-27-,33-31-,39-34-,48-45-,49-46-. The maximum atomic E-state index is 12.9. The van der Waals surface area contributed by atoms with Gasteiger partial charge in [-0.15, -0.1) is 0 Å². The van der Waals surface area contributed by atoms with Crippen LogP contribution in [0.15, 0.2) is 122 Å². The van der Waals surface area contributed by atoms with Gasteiger partial charge >= 0.3 is 17.9 Å². The van der Waals surface area contributed by atoms with E-state index < -0.39 is 6.10 Å². The van der Waals surface area contributed by atoms with Gasteiger partial charge in [0.1, 0.15) is 13.2 Å². The van der Waals surface area contributed by atoms with Gasteiger partial charge in [-0.2, -0.15) is 0 Å². The van der Waals surface area contributed by atoms with Gasteiger partial charge in [-0.3, -0.25) is 14.4 Å². The first-order chi connectivity index (χ1) is 40.0. The molecule has 0 saturated carbocycles. The van der Waals surface area contributed by atoms with Crippen molar-refractivity contribution >= 4 is 17.9 Å². The lowest BCUT2D eigenvalue weighted by molar-refractivity contribution is -0.167. The zero-order valence-corrected chi connectivity index (χ0v) is 53.0. The predicted octanol–water partition coefficient (Wildman–Crippen LogP) is 23.6. The number of unbranched alkanes of at least 4 members (excludes halogenated alkanes) is 30. The summed E-state index contributed by atoms with van der Waals surface area (Å²) in [5, 5.41) is 0. The van der Waals surface area contributed by atoms with Gasteiger partial charge in [-0.1, -0.05) is 290 Å². The van der Waals surface area contributed by atoms with Gasteiger partial charge in [0.2, 0.25) is 0 Å². The summed E-state index contributed by atoms with van der Waals surface area (Å²) in [7, 11) is 0. The van der Waals surface area contributed by atoms with Crippen LogP contribution in [-0.4, -0.2) is 37.2 Å². The van der Waals surface area contributed by atoms with E-state index in [1.807, 2.05) is 0 Å². The molecule has 6 heteroatoms. The van der Waals surface area contributed by atoms with E-state index in [0.29, 0.717) is 19.3 Å². The summed E-state index contributed by atoms with van der Waals surface area (Å²) < 4.78 is 16.9. The van der Waals surface area contributed by atoms with Crippen LogP contribution >= 0.6 is 0 Å². The summed E-state index contributed by atoms with van der Waals surface area (Å²) in [6, 6.07) is 0. The van der Waals surface area contributed by atoms with Crippen LogP contribution in [0, 0.1) is 0 Å². The SMILES string of the molecule is CC/C=C\C/C=C\C/C=C\C/C=C\C/C=C\CCCCCCCC(=O)OC(COC(=O)CCCCCC/C=C\C/C=C\C/C=C\C/C=C\CC)COC(=O)CCCCCCCCCCCCCCC/C=C\CCCCCCCCCC. The predicted molar refractivity (Wildman–Crippen MR) is 353 cm³/mol. The molecule has 1 unspecified atom stereocenters. The average Bonchev–Trinajstić information content (AvgIpc) is 3.47. The highest BCUT2D eigenvalue weighted by atomic mass is 16.6. The van der Waals surface area contributed by atoms with Crippen molar-refractivity contribution in [3.8, 4) is 0 Å². The first kappa shape index (κ1) is 76.8. The Hall–Kier alpha value is -4.19. The highest BCUT2D eigenvalue weighted by molar-refractivity contribution is 5.71. The molecule has 1 atom stereocenters. The molecule has 0 aromatic carbocycles. The molecule has 0 radical (unpaired) electrons. The molecule has 0 aliphatic heterocycles. The molecule has 6 nitrogen and oxygen atoms in total. The van der Waals surface area contributed by atoms with E-state index in [4.69, 9.17) is 14.2 Å². The molecule has 0 aliphatic carbocycles. The van der Waals surface area contributed by atoms with Gasteiger partial charge in [0, 0.05) is 19.3 Å². The molecule has 0 bridgehead atoms. The van der Waals surface area contributed by atoms with E-state index in [9.17, 15) is 14.4 Å². The van der Waals surface area contributed by atoms with Crippen molar-refractivity contribution in [2.45, 2.75) is 322 Å². The van der Waals surface area contributed by atoms with E-state index in [1.54, 1.807) is 0 Å². The molecule has 462 valence electrons. The van der Waals surface area contributed by atoms with Crippen molar-refractivity contribution in [1.29, 1.82) is 0 Å². The summed E-state index contributed by atoms with van der Waals surface area (Å²) in [4.78, 5) is 38.4. The lowest BCUT2D eigenvalue weighted by Gasteiger charge is -2.18. The van der Waals surface area contributed by atoms with Gasteiger partial charge in [0.05, 0.1) is 0 Å². The second-order valence-corrected chi connectivity index (χ2v) is 22.3. The second kappa shape index (κ2) is 68.3. The topological polar surface area (TPSA) is 78.9 Å².